The molecular weight excluding hydrogens is 264 g/mol. The van der Waals surface area contributed by atoms with Crippen LogP contribution in [0.4, 0.5) is 0 Å². The van der Waals surface area contributed by atoms with Crippen LogP contribution in [0.1, 0.15) is 6.92 Å². The number of aliphatic hydroxyl groups excluding tert-OH is 1. The van der Waals surface area contributed by atoms with Gasteiger partial charge in [0.05, 0.1) is 16.9 Å². The fraction of sp³-hybridized carbons (Fsp3) is 0.538. The van der Waals surface area contributed by atoms with Crippen molar-refractivity contribution >= 4 is 17.7 Å². The zero-order valence-electron chi connectivity index (χ0n) is 10.9. The van der Waals surface area contributed by atoms with Crippen molar-refractivity contribution in [2.75, 3.05) is 25.4 Å². The van der Waals surface area contributed by atoms with E-state index in [4.69, 9.17) is 4.74 Å². The minimum atomic E-state index is -0.580. The molecule has 0 bridgehead atoms. The number of hydrogen-bond acceptors (Lipinski definition) is 5. The standard InChI is InChI=1S/C13H18N2O3S/c1-2-18-11-8-15(7-10(11)16)13(17)9-19-12-5-3-4-6-14-12/h3-6,10-11,16H,2,7-9H2,1H3/t10-,11-/m1/s1. The molecule has 2 heterocycles. The Labute approximate surface area is 117 Å². The number of thioether (sulfide) groups is 1. The third kappa shape index (κ3) is 3.92. The van der Waals surface area contributed by atoms with Gasteiger partial charge in [0.25, 0.3) is 0 Å². The number of β-amino-alcohol motifs (C(OH)–C–C–N with tert-alkyl or cyclic N) is 1. The normalized spacial score (nSPS) is 22.7. The lowest BCUT2D eigenvalue weighted by atomic mass is 10.3. The number of likely N-dealkylation sites (tertiary alicyclic amines) is 1. The van der Waals surface area contributed by atoms with Crippen LogP contribution in [-0.2, 0) is 9.53 Å². The van der Waals surface area contributed by atoms with Gasteiger partial charge in [0, 0.05) is 25.9 Å². The lowest BCUT2D eigenvalue weighted by molar-refractivity contribution is -0.127. The van der Waals surface area contributed by atoms with Gasteiger partial charge < -0.3 is 14.7 Å². The second kappa shape index (κ2) is 6.88. The quantitative estimate of drug-likeness (QED) is 0.809. The molecule has 19 heavy (non-hydrogen) atoms. The maximum Gasteiger partial charge on any atom is 0.233 e. The second-order valence-corrected chi connectivity index (χ2v) is 5.31. The Morgan fingerprint density at radius 3 is 3.11 bits per heavy atom. The molecule has 0 aliphatic carbocycles. The fourth-order valence-electron chi connectivity index (χ4n) is 2.00. The molecule has 0 unspecified atom stereocenters. The van der Waals surface area contributed by atoms with Crippen molar-refractivity contribution in [3.05, 3.63) is 24.4 Å². The average molecular weight is 282 g/mol. The Morgan fingerprint density at radius 2 is 2.42 bits per heavy atom. The summed E-state index contributed by atoms with van der Waals surface area (Å²) in [7, 11) is 0. The number of nitrogens with zero attached hydrogens (tertiary/aromatic N) is 2. The molecule has 0 saturated carbocycles. The van der Waals surface area contributed by atoms with Crippen LogP contribution in [0.2, 0.25) is 0 Å². The lowest BCUT2D eigenvalue weighted by Crippen LogP contribution is -2.31. The van der Waals surface area contributed by atoms with E-state index in [1.54, 1.807) is 11.1 Å². The van der Waals surface area contributed by atoms with Crippen LogP contribution in [0.3, 0.4) is 0 Å². The van der Waals surface area contributed by atoms with Crippen LogP contribution in [0, 0.1) is 0 Å². The highest BCUT2D eigenvalue weighted by molar-refractivity contribution is 7.99. The molecule has 1 amide bonds. The van der Waals surface area contributed by atoms with E-state index in [0.717, 1.165) is 5.03 Å². The van der Waals surface area contributed by atoms with E-state index in [2.05, 4.69) is 4.98 Å². The van der Waals surface area contributed by atoms with Gasteiger partial charge in [-0.25, -0.2) is 4.98 Å². The van der Waals surface area contributed by atoms with Gasteiger partial charge in [-0.2, -0.15) is 0 Å². The molecule has 1 aliphatic heterocycles. The first-order valence-corrected chi connectivity index (χ1v) is 7.30. The van der Waals surface area contributed by atoms with E-state index in [0.29, 0.717) is 25.4 Å². The van der Waals surface area contributed by atoms with Gasteiger partial charge in [0.15, 0.2) is 0 Å². The number of ether oxygens (including phenoxy) is 1. The molecule has 1 N–H and O–H groups in total. The summed E-state index contributed by atoms with van der Waals surface area (Å²) in [5, 5.41) is 10.6. The summed E-state index contributed by atoms with van der Waals surface area (Å²) in [6.45, 7) is 3.25. The Morgan fingerprint density at radius 1 is 1.58 bits per heavy atom. The number of carbonyl (C=O) groups excluding carboxylic acids is 1. The molecule has 1 aromatic rings. The maximum atomic E-state index is 12.0. The molecule has 1 fully saturated rings. The summed E-state index contributed by atoms with van der Waals surface area (Å²) in [5.74, 6) is 0.347. The molecule has 1 aromatic heterocycles. The fourth-order valence-corrected chi connectivity index (χ4v) is 2.76. The van der Waals surface area contributed by atoms with E-state index < -0.39 is 6.10 Å². The molecule has 2 rings (SSSR count). The van der Waals surface area contributed by atoms with E-state index >= 15 is 0 Å². The van der Waals surface area contributed by atoms with Gasteiger partial charge in [-0.3, -0.25) is 4.79 Å². The van der Waals surface area contributed by atoms with Crippen molar-refractivity contribution in [2.45, 2.75) is 24.2 Å². The monoisotopic (exact) mass is 282 g/mol. The topological polar surface area (TPSA) is 62.7 Å². The van der Waals surface area contributed by atoms with Crippen molar-refractivity contribution in [3.8, 4) is 0 Å². The number of aromatic nitrogens is 1. The first-order chi connectivity index (χ1) is 9.20. The number of pyridine rings is 1. The van der Waals surface area contributed by atoms with Crippen molar-refractivity contribution in [1.29, 1.82) is 0 Å². The molecule has 2 atom stereocenters. The van der Waals surface area contributed by atoms with Crippen LogP contribution < -0.4 is 0 Å². The zero-order valence-corrected chi connectivity index (χ0v) is 11.7. The van der Waals surface area contributed by atoms with E-state index in [1.807, 2.05) is 25.1 Å². The number of amides is 1. The van der Waals surface area contributed by atoms with Crippen molar-refractivity contribution < 1.29 is 14.6 Å². The molecule has 1 aliphatic rings. The van der Waals surface area contributed by atoms with E-state index in [-0.39, 0.29) is 12.0 Å². The molecule has 104 valence electrons. The van der Waals surface area contributed by atoms with Gasteiger partial charge >= 0.3 is 0 Å². The number of aliphatic hydroxyl groups is 1. The summed E-state index contributed by atoms with van der Waals surface area (Å²) >= 11 is 1.41. The van der Waals surface area contributed by atoms with Gasteiger partial charge in [-0.15, -0.1) is 0 Å². The van der Waals surface area contributed by atoms with Crippen LogP contribution in [0.25, 0.3) is 0 Å². The predicted octanol–water partition coefficient (Wildman–Crippen LogP) is 0.782. The van der Waals surface area contributed by atoms with Gasteiger partial charge in [-0.05, 0) is 19.1 Å². The molecule has 1 saturated heterocycles. The maximum absolute atomic E-state index is 12.0. The van der Waals surface area contributed by atoms with Crippen LogP contribution in [0.5, 0.6) is 0 Å². The minimum Gasteiger partial charge on any atom is -0.388 e. The van der Waals surface area contributed by atoms with Crippen molar-refractivity contribution in [3.63, 3.8) is 0 Å². The highest BCUT2D eigenvalue weighted by atomic mass is 32.2. The summed E-state index contributed by atoms with van der Waals surface area (Å²) < 4.78 is 5.40. The van der Waals surface area contributed by atoms with Gasteiger partial charge in [-0.1, -0.05) is 17.8 Å². The Hall–Kier alpha value is -1.11. The minimum absolute atomic E-state index is 0.0110. The number of carbonyl (C=O) groups is 1. The summed E-state index contributed by atoms with van der Waals surface area (Å²) in [4.78, 5) is 17.8. The first-order valence-electron chi connectivity index (χ1n) is 6.32. The third-order valence-corrected chi connectivity index (χ3v) is 3.88. The van der Waals surface area contributed by atoms with E-state index in [1.165, 1.54) is 11.8 Å². The highest BCUT2D eigenvalue weighted by Gasteiger charge is 2.34. The molecule has 0 radical (unpaired) electrons. The molecule has 6 heteroatoms. The Kier molecular flexibility index (Phi) is 5.18. The SMILES string of the molecule is CCO[C@@H]1CN(C(=O)CSc2ccccn2)C[C@H]1O. The van der Waals surface area contributed by atoms with Crippen LogP contribution in [0.15, 0.2) is 29.4 Å². The van der Waals surface area contributed by atoms with Crippen molar-refractivity contribution in [1.82, 2.24) is 9.88 Å². The van der Waals surface area contributed by atoms with Gasteiger partial charge in [0.2, 0.25) is 5.91 Å². The molecule has 0 spiro atoms. The molecule has 0 aromatic carbocycles. The highest BCUT2D eigenvalue weighted by Crippen LogP contribution is 2.18. The van der Waals surface area contributed by atoms with Gasteiger partial charge in [0.1, 0.15) is 6.10 Å². The average Bonchev–Trinajstić information content (AvgIpc) is 2.79. The lowest BCUT2D eigenvalue weighted by Gasteiger charge is -2.15. The van der Waals surface area contributed by atoms with E-state index in [9.17, 15) is 9.90 Å². The second-order valence-electron chi connectivity index (χ2n) is 4.32. The smallest absolute Gasteiger partial charge is 0.233 e. The molecule has 5 nitrogen and oxygen atoms in total. The number of rotatable bonds is 5. The third-order valence-electron chi connectivity index (χ3n) is 2.95. The van der Waals surface area contributed by atoms with Crippen LogP contribution in [-0.4, -0.2) is 58.6 Å². The summed E-state index contributed by atoms with van der Waals surface area (Å²) in [5.41, 5.74) is 0. The molecular formula is C13H18N2O3S. The largest absolute Gasteiger partial charge is 0.388 e. The zero-order chi connectivity index (χ0) is 13.7. The summed E-state index contributed by atoms with van der Waals surface area (Å²) in [6.07, 6.45) is 0.870. The number of hydrogen-bond donors (Lipinski definition) is 1. The Bertz CT molecular complexity index is 416. The predicted molar refractivity (Wildman–Crippen MR) is 73.0 cm³/mol. The van der Waals surface area contributed by atoms with Crippen LogP contribution >= 0.6 is 11.8 Å². The summed E-state index contributed by atoms with van der Waals surface area (Å²) in [6, 6.07) is 5.61. The first kappa shape index (κ1) is 14.3. The van der Waals surface area contributed by atoms with Crippen molar-refractivity contribution in [2.24, 2.45) is 0 Å². The Balaban J connectivity index is 1.81.